The van der Waals surface area contributed by atoms with Crippen LogP contribution in [-0.4, -0.2) is 23.7 Å². The summed E-state index contributed by atoms with van der Waals surface area (Å²) in [5.41, 5.74) is -0.413. The molecular weight excluding hydrogens is 250 g/mol. The first kappa shape index (κ1) is 11.1. The minimum Gasteiger partial charge on any atom is -0.508 e. The highest BCUT2D eigenvalue weighted by Gasteiger charge is 2.39. The minimum absolute atomic E-state index is 0. The second-order valence-corrected chi connectivity index (χ2v) is 4.80. The Hall–Kier alpha value is -0.770. The quantitative estimate of drug-likeness (QED) is 0.793. The fourth-order valence-electron chi connectivity index (χ4n) is 2.78. The first-order valence-corrected chi connectivity index (χ1v) is 6.08. The van der Waals surface area contributed by atoms with Crippen LogP contribution in [0, 0.1) is 5.92 Å². The standard InChI is InChI=1S/C14H21NO2.ClH/c1-15-10-12-5-2-3-8-14(12,17)11-6-4-7-13(16)9-11;/h4,6-7,9,12,15-17H,2-3,5,8,10H2,1H3;1H/t12-,14+;/m1./s1/i1D3;. The van der Waals surface area contributed by atoms with Gasteiger partial charge in [-0.05, 0) is 37.5 Å². The third kappa shape index (κ3) is 2.97. The molecule has 0 heterocycles. The first-order chi connectivity index (χ1) is 9.31. The number of benzene rings is 1. The van der Waals surface area contributed by atoms with Crippen molar-refractivity contribution < 1.29 is 14.3 Å². The van der Waals surface area contributed by atoms with Crippen molar-refractivity contribution in [1.82, 2.24) is 5.32 Å². The zero-order valence-electron chi connectivity index (χ0n) is 13.2. The van der Waals surface area contributed by atoms with Crippen LogP contribution in [-0.2, 0) is 5.60 Å². The van der Waals surface area contributed by atoms with Crippen molar-refractivity contribution >= 4 is 12.4 Å². The molecule has 0 spiro atoms. The molecule has 3 nitrogen and oxygen atoms in total. The maximum atomic E-state index is 11.0. The van der Waals surface area contributed by atoms with Gasteiger partial charge in [0.25, 0.3) is 0 Å². The molecule has 3 N–H and O–H groups in total. The van der Waals surface area contributed by atoms with Crippen LogP contribution in [0.15, 0.2) is 24.3 Å². The Morgan fingerprint density at radius 2 is 2.33 bits per heavy atom. The average Bonchev–Trinajstić information content (AvgIpc) is 2.37. The number of aromatic hydroxyl groups is 1. The van der Waals surface area contributed by atoms with Crippen LogP contribution >= 0.6 is 12.4 Å². The maximum absolute atomic E-state index is 11.0. The van der Waals surface area contributed by atoms with Gasteiger partial charge in [-0.3, -0.25) is 0 Å². The van der Waals surface area contributed by atoms with Crippen LogP contribution in [0.4, 0.5) is 0 Å². The van der Waals surface area contributed by atoms with E-state index in [4.69, 9.17) is 4.11 Å². The number of halogens is 1. The number of rotatable bonds is 3. The fraction of sp³-hybridized carbons (Fsp3) is 0.571. The van der Waals surface area contributed by atoms with Gasteiger partial charge in [0.2, 0.25) is 0 Å². The van der Waals surface area contributed by atoms with Gasteiger partial charge in [0, 0.05) is 16.6 Å². The largest absolute Gasteiger partial charge is 0.508 e. The minimum atomic E-state index is -2.20. The third-order valence-electron chi connectivity index (χ3n) is 3.73. The van der Waals surface area contributed by atoms with Gasteiger partial charge in [0.05, 0.1) is 5.60 Å². The fourth-order valence-corrected chi connectivity index (χ4v) is 2.78. The van der Waals surface area contributed by atoms with E-state index < -0.39 is 12.6 Å². The van der Waals surface area contributed by atoms with E-state index in [2.05, 4.69) is 5.32 Å². The smallest absolute Gasteiger partial charge is 0.115 e. The van der Waals surface area contributed by atoms with Crippen LogP contribution < -0.4 is 5.32 Å². The van der Waals surface area contributed by atoms with E-state index in [1.807, 2.05) is 0 Å². The van der Waals surface area contributed by atoms with Crippen LogP contribution in [0.2, 0.25) is 0 Å². The molecule has 2 atom stereocenters. The van der Waals surface area contributed by atoms with Crippen LogP contribution in [0.5, 0.6) is 5.75 Å². The molecule has 1 aliphatic rings. The molecule has 0 radical (unpaired) electrons. The van der Waals surface area contributed by atoms with Gasteiger partial charge < -0.3 is 15.5 Å². The van der Waals surface area contributed by atoms with Crippen molar-refractivity contribution in [1.29, 1.82) is 0 Å². The zero-order valence-corrected chi connectivity index (χ0v) is 11.0. The number of aliphatic hydroxyl groups is 1. The van der Waals surface area contributed by atoms with Crippen LogP contribution in [0.1, 0.15) is 35.4 Å². The van der Waals surface area contributed by atoms with Crippen molar-refractivity contribution in [3.8, 4) is 5.75 Å². The lowest BCUT2D eigenvalue weighted by Gasteiger charge is -2.40. The summed E-state index contributed by atoms with van der Waals surface area (Å²) in [5, 5.41) is 23.1. The second-order valence-electron chi connectivity index (χ2n) is 4.80. The Labute approximate surface area is 119 Å². The summed E-state index contributed by atoms with van der Waals surface area (Å²) >= 11 is 0. The molecule has 1 aromatic rings. The van der Waals surface area contributed by atoms with Gasteiger partial charge in [-0.25, -0.2) is 0 Å². The Bertz CT molecular complexity index is 470. The summed E-state index contributed by atoms with van der Waals surface area (Å²) in [6.45, 7) is -1.96. The molecule has 18 heavy (non-hydrogen) atoms. The van der Waals surface area contributed by atoms with E-state index in [-0.39, 0.29) is 30.6 Å². The number of phenolic OH excluding ortho intramolecular Hbond substituents is 1. The summed E-state index contributed by atoms with van der Waals surface area (Å²) in [4.78, 5) is 0. The molecule has 0 aromatic heterocycles. The lowest BCUT2D eigenvalue weighted by atomic mass is 9.71. The van der Waals surface area contributed by atoms with Gasteiger partial charge >= 0.3 is 0 Å². The molecule has 4 heteroatoms. The van der Waals surface area contributed by atoms with Crippen molar-refractivity contribution in [3.05, 3.63) is 29.8 Å². The molecule has 0 bridgehead atoms. The molecule has 2 rings (SSSR count). The predicted octanol–water partition coefficient (Wildman–Crippen LogP) is 2.41. The Balaban J connectivity index is 0.00000220. The van der Waals surface area contributed by atoms with E-state index in [9.17, 15) is 10.2 Å². The molecule has 1 aliphatic carbocycles. The molecular formula is C14H22ClNO2. The van der Waals surface area contributed by atoms with Gasteiger partial charge in [-0.1, -0.05) is 25.0 Å². The van der Waals surface area contributed by atoms with E-state index in [0.29, 0.717) is 12.0 Å². The highest BCUT2D eigenvalue weighted by molar-refractivity contribution is 5.85. The highest BCUT2D eigenvalue weighted by atomic mass is 35.5. The molecule has 0 amide bonds. The number of hydrogen-bond acceptors (Lipinski definition) is 3. The topological polar surface area (TPSA) is 52.5 Å². The molecule has 1 saturated carbocycles. The van der Waals surface area contributed by atoms with Crippen molar-refractivity contribution in [2.45, 2.75) is 31.3 Å². The summed E-state index contributed by atoms with van der Waals surface area (Å²) in [6.07, 6.45) is 3.24. The number of hydrogen-bond donors (Lipinski definition) is 3. The highest BCUT2D eigenvalue weighted by Crippen LogP contribution is 2.42. The van der Waals surface area contributed by atoms with Crippen molar-refractivity contribution in [2.75, 3.05) is 13.5 Å². The van der Waals surface area contributed by atoms with E-state index in [1.54, 1.807) is 24.3 Å². The van der Waals surface area contributed by atoms with Crippen LogP contribution in [0.25, 0.3) is 0 Å². The van der Waals surface area contributed by atoms with E-state index in [1.165, 1.54) is 0 Å². The van der Waals surface area contributed by atoms with E-state index in [0.717, 1.165) is 19.3 Å². The summed E-state index contributed by atoms with van der Waals surface area (Å²) in [7, 11) is 0. The Morgan fingerprint density at radius 1 is 1.50 bits per heavy atom. The van der Waals surface area contributed by atoms with E-state index >= 15 is 0 Å². The summed E-state index contributed by atoms with van der Waals surface area (Å²) in [5.74, 6) is -0.0532. The lowest BCUT2D eigenvalue weighted by molar-refractivity contribution is -0.0531. The van der Waals surface area contributed by atoms with Gasteiger partial charge in [-0.2, -0.15) is 0 Å². The second kappa shape index (κ2) is 6.41. The molecule has 0 saturated heterocycles. The summed E-state index contributed by atoms with van der Waals surface area (Å²) in [6, 6.07) is 6.61. The monoisotopic (exact) mass is 274 g/mol. The SMILES string of the molecule is Cl.[2H]C([2H])([2H])NC[C@H]1CCCC[C@]1(O)c1cccc(O)c1. The van der Waals surface area contributed by atoms with Gasteiger partial charge in [0.1, 0.15) is 5.75 Å². The number of phenols is 1. The summed E-state index contributed by atoms with van der Waals surface area (Å²) < 4.78 is 21.7. The molecule has 1 aromatic carbocycles. The van der Waals surface area contributed by atoms with Gasteiger partial charge in [-0.15, -0.1) is 12.4 Å². The van der Waals surface area contributed by atoms with Crippen molar-refractivity contribution in [3.63, 3.8) is 0 Å². The molecule has 0 unspecified atom stereocenters. The Morgan fingerprint density at radius 3 is 3.06 bits per heavy atom. The van der Waals surface area contributed by atoms with Crippen LogP contribution in [0.3, 0.4) is 0 Å². The maximum Gasteiger partial charge on any atom is 0.115 e. The average molecular weight is 275 g/mol. The number of nitrogens with one attached hydrogen (secondary N) is 1. The third-order valence-corrected chi connectivity index (χ3v) is 3.73. The van der Waals surface area contributed by atoms with Crippen molar-refractivity contribution in [2.24, 2.45) is 5.92 Å². The Kier molecular flexibility index (Phi) is 3.95. The normalized spacial score (nSPS) is 30.7. The predicted molar refractivity (Wildman–Crippen MR) is 75.1 cm³/mol. The van der Waals surface area contributed by atoms with Gasteiger partial charge in [0.15, 0.2) is 0 Å². The first-order valence-electron chi connectivity index (χ1n) is 7.58. The lowest BCUT2D eigenvalue weighted by Crippen LogP contribution is -2.42. The molecule has 1 fully saturated rings. The molecule has 102 valence electrons. The zero-order chi connectivity index (χ0) is 14.8. The molecule has 0 aliphatic heterocycles.